The normalized spacial score (nSPS) is 16.9. The smallest absolute Gasteiger partial charge is 0.319 e. The minimum absolute atomic E-state index is 0.321. The number of nitrogens with one attached hydrogen (secondary N) is 2. The van der Waals surface area contributed by atoms with Crippen molar-refractivity contribution in [2.24, 2.45) is 0 Å². The maximum atomic E-state index is 12.1. The fourth-order valence-electron chi connectivity index (χ4n) is 1.91. The van der Waals surface area contributed by atoms with E-state index in [0.717, 1.165) is 0 Å². The Balaban J connectivity index is 2.68. The Kier molecular flexibility index (Phi) is 8.27. The van der Waals surface area contributed by atoms with Gasteiger partial charge in [-0.2, -0.15) is 0 Å². The van der Waals surface area contributed by atoms with Gasteiger partial charge >= 0.3 is 6.03 Å². The van der Waals surface area contributed by atoms with Crippen LogP contribution in [0.4, 0.5) is 4.79 Å². The zero-order valence-electron chi connectivity index (χ0n) is 12.6. The van der Waals surface area contributed by atoms with Crippen molar-refractivity contribution in [3.63, 3.8) is 0 Å². The lowest BCUT2D eigenvalue weighted by Gasteiger charge is -2.34. The molecule has 128 valence electrons. The highest BCUT2D eigenvalue weighted by Gasteiger charge is 2.36. The Morgan fingerprint density at radius 1 is 1.27 bits per heavy atom. The number of urea groups is 1. The van der Waals surface area contributed by atoms with E-state index in [1.54, 1.807) is 4.90 Å². The van der Waals surface area contributed by atoms with Crippen molar-refractivity contribution >= 4 is 58.2 Å². The first-order chi connectivity index (χ1) is 10.3. The molecular formula is C12H21Cl3N4O2S. The number of carbonyl (C=O) groups is 1. The summed E-state index contributed by atoms with van der Waals surface area (Å²) in [5.41, 5.74) is 0. The highest BCUT2D eigenvalue weighted by Crippen LogP contribution is 2.29. The highest BCUT2D eigenvalue weighted by atomic mass is 35.6. The van der Waals surface area contributed by atoms with Crippen molar-refractivity contribution in [1.29, 1.82) is 0 Å². The van der Waals surface area contributed by atoms with E-state index in [1.807, 2.05) is 18.7 Å². The molecule has 1 saturated heterocycles. The van der Waals surface area contributed by atoms with Crippen LogP contribution in [0, 0.1) is 0 Å². The van der Waals surface area contributed by atoms with Gasteiger partial charge in [0.25, 0.3) is 0 Å². The number of halogens is 3. The molecule has 0 bridgehead atoms. The van der Waals surface area contributed by atoms with E-state index in [2.05, 4.69) is 10.6 Å². The third kappa shape index (κ3) is 6.12. The molecule has 6 nitrogen and oxygen atoms in total. The molecule has 0 aromatic heterocycles. The number of morpholine rings is 1. The van der Waals surface area contributed by atoms with Gasteiger partial charge in [-0.25, -0.2) is 4.79 Å². The summed E-state index contributed by atoms with van der Waals surface area (Å²) >= 11 is 23.2. The van der Waals surface area contributed by atoms with Crippen LogP contribution in [0.3, 0.4) is 0 Å². The number of nitrogens with zero attached hydrogens (tertiary/aromatic N) is 2. The fourth-order valence-corrected chi connectivity index (χ4v) is 2.53. The number of thiocarbonyl (C=S) groups is 1. The second-order valence-corrected chi connectivity index (χ2v) is 7.40. The van der Waals surface area contributed by atoms with Crippen LogP contribution in [0.2, 0.25) is 0 Å². The van der Waals surface area contributed by atoms with Gasteiger partial charge in [0.2, 0.25) is 3.79 Å². The summed E-state index contributed by atoms with van der Waals surface area (Å²) in [5, 5.41) is 5.99. The summed E-state index contributed by atoms with van der Waals surface area (Å²) < 4.78 is 3.53. The minimum Gasteiger partial charge on any atom is -0.378 e. The first kappa shape index (κ1) is 19.8. The summed E-state index contributed by atoms with van der Waals surface area (Å²) in [6, 6.07) is -0.321. The van der Waals surface area contributed by atoms with Crippen molar-refractivity contribution in [3.8, 4) is 0 Å². The van der Waals surface area contributed by atoms with E-state index in [-0.39, 0.29) is 6.03 Å². The number of ether oxygens (including phenoxy) is 1. The Labute approximate surface area is 151 Å². The number of amides is 2. The monoisotopic (exact) mass is 390 g/mol. The van der Waals surface area contributed by atoms with E-state index in [0.29, 0.717) is 44.5 Å². The van der Waals surface area contributed by atoms with Gasteiger partial charge in [-0.1, -0.05) is 34.8 Å². The van der Waals surface area contributed by atoms with E-state index in [1.165, 1.54) is 0 Å². The maximum absolute atomic E-state index is 12.1. The molecule has 1 rings (SSSR count). The Bertz CT molecular complexity index is 385. The van der Waals surface area contributed by atoms with Crippen LogP contribution in [-0.2, 0) is 4.74 Å². The van der Waals surface area contributed by atoms with Crippen LogP contribution >= 0.6 is 47.0 Å². The predicted molar refractivity (Wildman–Crippen MR) is 93.7 cm³/mol. The van der Waals surface area contributed by atoms with E-state index in [9.17, 15) is 4.79 Å². The van der Waals surface area contributed by atoms with Gasteiger partial charge in [-0.3, -0.25) is 0 Å². The quantitative estimate of drug-likeness (QED) is 0.436. The SMILES string of the molecule is CCN(CC)C(=O)NC(NC(=S)N1CCOCC1)C(Cl)(Cl)Cl. The van der Waals surface area contributed by atoms with Gasteiger partial charge in [0.15, 0.2) is 11.3 Å². The number of rotatable bonds is 4. The molecule has 1 aliphatic heterocycles. The standard InChI is InChI=1S/C12H21Cl3N4O2S/c1-3-18(4-2)10(20)16-9(12(13,14)15)17-11(22)19-5-7-21-8-6-19/h9H,3-8H2,1-2H3,(H,16,20)(H,17,22). The van der Waals surface area contributed by atoms with Gasteiger partial charge in [-0.05, 0) is 26.1 Å². The largest absolute Gasteiger partial charge is 0.378 e. The summed E-state index contributed by atoms with van der Waals surface area (Å²) in [6.07, 6.45) is -0.930. The van der Waals surface area contributed by atoms with Gasteiger partial charge in [0.1, 0.15) is 0 Å². The first-order valence-corrected chi connectivity index (χ1v) is 8.59. The van der Waals surface area contributed by atoms with Crippen LogP contribution in [0.25, 0.3) is 0 Å². The molecule has 0 aromatic carbocycles. The first-order valence-electron chi connectivity index (χ1n) is 7.04. The maximum Gasteiger partial charge on any atom is 0.319 e. The highest BCUT2D eigenvalue weighted by molar-refractivity contribution is 7.80. The predicted octanol–water partition coefficient (Wildman–Crippen LogP) is 1.94. The third-order valence-electron chi connectivity index (χ3n) is 3.21. The molecule has 1 fully saturated rings. The molecule has 22 heavy (non-hydrogen) atoms. The van der Waals surface area contributed by atoms with Crippen molar-refractivity contribution in [3.05, 3.63) is 0 Å². The fraction of sp³-hybridized carbons (Fsp3) is 0.833. The van der Waals surface area contributed by atoms with Crippen molar-refractivity contribution in [1.82, 2.24) is 20.4 Å². The molecule has 1 unspecified atom stereocenters. The molecule has 0 radical (unpaired) electrons. The van der Waals surface area contributed by atoms with Gasteiger partial charge in [0, 0.05) is 26.2 Å². The van der Waals surface area contributed by atoms with E-state index >= 15 is 0 Å². The van der Waals surface area contributed by atoms with Crippen LogP contribution < -0.4 is 10.6 Å². The second kappa shape index (κ2) is 9.17. The Morgan fingerprint density at radius 3 is 2.27 bits per heavy atom. The lowest BCUT2D eigenvalue weighted by molar-refractivity contribution is 0.0673. The lowest BCUT2D eigenvalue weighted by Crippen LogP contribution is -2.60. The zero-order chi connectivity index (χ0) is 16.8. The van der Waals surface area contributed by atoms with Crippen LogP contribution in [0.5, 0.6) is 0 Å². The summed E-state index contributed by atoms with van der Waals surface area (Å²) in [5.74, 6) is 0. The topological polar surface area (TPSA) is 56.8 Å². The van der Waals surface area contributed by atoms with Crippen LogP contribution in [-0.4, -0.2) is 70.3 Å². The summed E-state index contributed by atoms with van der Waals surface area (Å²) in [4.78, 5) is 15.6. The van der Waals surface area contributed by atoms with Crippen molar-refractivity contribution in [2.75, 3.05) is 39.4 Å². The molecule has 2 amide bonds. The molecule has 0 aromatic rings. The number of hydrogen-bond donors (Lipinski definition) is 2. The molecule has 0 saturated carbocycles. The second-order valence-electron chi connectivity index (χ2n) is 4.65. The van der Waals surface area contributed by atoms with Crippen LogP contribution in [0.1, 0.15) is 13.8 Å². The molecular weight excluding hydrogens is 371 g/mol. The molecule has 10 heteroatoms. The van der Waals surface area contributed by atoms with Crippen LogP contribution in [0.15, 0.2) is 0 Å². The van der Waals surface area contributed by atoms with E-state index < -0.39 is 9.96 Å². The lowest BCUT2D eigenvalue weighted by atomic mass is 10.4. The minimum atomic E-state index is -1.74. The van der Waals surface area contributed by atoms with E-state index in [4.69, 9.17) is 51.8 Å². The summed E-state index contributed by atoms with van der Waals surface area (Å²) in [7, 11) is 0. The number of hydrogen-bond acceptors (Lipinski definition) is 3. The van der Waals surface area contributed by atoms with Gasteiger partial charge in [0.05, 0.1) is 13.2 Å². The Morgan fingerprint density at radius 2 is 1.82 bits per heavy atom. The Hall–Kier alpha value is -0.210. The third-order valence-corrected chi connectivity index (χ3v) is 4.24. The zero-order valence-corrected chi connectivity index (χ0v) is 15.7. The molecule has 1 aliphatic rings. The number of carbonyl (C=O) groups excluding carboxylic acids is 1. The average Bonchev–Trinajstić information content (AvgIpc) is 2.47. The van der Waals surface area contributed by atoms with Gasteiger partial charge in [-0.15, -0.1) is 0 Å². The number of alkyl halides is 3. The van der Waals surface area contributed by atoms with Crippen molar-refractivity contribution in [2.45, 2.75) is 23.8 Å². The molecule has 1 heterocycles. The molecule has 2 N–H and O–H groups in total. The van der Waals surface area contributed by atoms with Crippen molar-refractivity contribution < 1.29 is 9.53 Å². The van der Waals surface area contributed by atoms with Gasteiger partial charge < -0.3 is 25.2 Å². The molecule has 0 aliphatic carbocycles. The molecule has 0 spiro atoms. The molecule has 1 atom stereocenters. The average molecular weight is 392 g/mol. The summed E-state index contributed by atoms with van der Waals surface area (Å²) in [6.45, 7) is 7.35.